The summed E-state index contributed by atoms with van der Waals surface area (Å²) < 4.78 is 20.1. The minimum atomic E-state index is -0.878. The molecule has 1 fully saturated rings. The standard InChI is InChI=1S/C23H26FN5O5/c1-13(30)27-11-17-12-29(23(33)34-17)16-6-7-18(19(24)8-16)15-4-2-14(3-5-15)10-28-20(22(26)32)9-21(25)31/h2-8,17,20,28H,9-12H2,1H3,(H2,25,31)(H2,26,32)(H,27,30)/t17-,20+/m0/s1. The highest BCUT2D eigenvalue weighted by molar-refractivity contribution is 5.90. The number of anilines is 1. The number of carbonyl (C=O) groups excluding carboxylic acids is 4. The van der Waals surface area contributed by atoms with Gasteiger partial charge >= 0.3 is 6.09 Å². The van der Waals surface area contributed by atoms with Gasteiger partial charge in [0.25, 0.3) is 0 Å². The molecule has 2 aromatic carbocycles. The molecular formula is C23H26FN5O5. The van der Waals surface area contributed by atoms with Gasteiger partial charge in [0.05, 0.1) is 31.2 Å². The maximum absolute atomic E-state index is 14.9. The highest BCUT2D eigenvalue weighted by Crippen LogP contribution is 2.29. The maximum atomic E-state index is 14.9. The number of amides is 4. The van der Waals surface area contributed by atoms with Crippen LogP contribution in [-0.4, -0.2) is 49.1 Å². The van der Waals surface area contributed by atoms with Gasteiger partial charge in [-0.25, -0.2) is 9.18 Å². The lowest BCUT2D eigenvalue weighted by atomic mass is 10.0. The molecule has 3 rings (SSSR count). The van der Waals surface area contributed by atoms with Gasteiger partial charge in [-0.3, -0.25) is 19.3 Å². The van der Waals surface area contributed by atoms with E-state index in [1.165, 1.54) is 17.9 Å². The van der Waals surface area contributed by atoms with Crippen LogP contribution in [0.2, 0.25) is 0 Å². The van der Waals surface area contributed by atoms with Crippen molar-refractivity contribution in [1.82, 2.24) is 10.6 Å². The molecular weight excluding hydrogens is 445 g/mol. The van der Waals surface area contributed by atoms with E-state index in [1.54, 1.807) is 36.4 Å². The van der Waals surface area contributed by atoms with Crippen molar-refractivity contribution in [2.45, 2.75) is 32.0 Å². The molecule has 0 aliphatic carbocycles. The number of carbonyl (C=O) groups is 4. The molecule has 0 unspecified atom stereocenters. The summed E-state index contributed by atoms with van der Waals surface area (Å²) in [5.41, 5.74) is 12.5. The summed E-state index contributed by atoms with van der Waals surface area (Å²) in [6.45, 7) is 2.01. The lowest BCUT2D eigenvalue weighted by molar-refractivity contribution is -0.125. The van der Waals surface area contributed by atoms with E-state index in [-0.39, 0.29) is 32.0 Å². The lowest BCUT2D eigenvalue weighted by Gasteiger charge is -2.15. The van der Waals surface area contributed by atoms with Crippen molar-refractivity contribution in [2.75, 3.05) is 18.0 Å². The van der Waals surface area contributed by atoms with E-state index in [9.17, 15) is 23.6 Å². The van der Waals surface area contributed by atoms with Crippen molar-refractivity contribution < 1.29 is 28.3 Å². The molecule has 6 N–H and O–H groups in total. The molecule has 11 heteroatoms. The fraction of sp³-hybridized carbons (Fsp3) is 0.304. The van der Waals surface area contributed by atoms with Gasteiger partial charge in [-0.15, -0.1) is 0 Å². The Bertz CT molecular complexity index is 1090. The Morgan fingerprint density at radius 1 is 1.18 bits per heavy atom. The van der Waals surface area contributed by atoms with E-state index < -0.39 is 35.9 Å². The Labute approximate surface area is 195 Å². The van der Waals surface area contributed by atoms with Gasteiger partial charge in [0.2, 0.25) is 17.7 Å². The van der Waals surface area contributed by atoms with Crippen LogP contribution in [0, 0.1) is 5.82 Å². The Hall–Kier alpha value is -3.99. The summed E-state index contributed by atoms with van der Waals surface area (Å²) in [6.07, 6.45) is -1.33. The fourth-order valence-electron chi connectivity index (χ4n) is 3.52. The minimum Gasteiger partial charge on any atom is -0.442 e. The molecule has 1 heterocycles. The molecule has 1 aliphatic heterocycles. The lowest BCUT2D eigenvalue weighted by Crippen LogP contribution is -2.43. The van der Waals surface area contributed by atoms with E-state index in [0.29, 0.717) is 16.8 Å². The van der Waals surface area contributed by atoms with Crippen molar-refractivity contribution in [3.05, 3.63) is 53.8 Å². The number of halogens is 1. The zero-order chi connectivity index (χ0) is 24.8. The number of rotatable bonds is 10. The third-order valence-corrected chi connectivity index (χ3v) is 5.28. The van der Waals surface area contributed by atoms with Crippen LogP contribution < -0.4 is 27.0 Å². The summed E-state index contributed by atoms with van der Waals surface area (Å²) in [6, 6.07) is 10.5. The molecule has 0 spiro atoms. The van der Waals surface area contributed by atoms with E-state index in [4.69, 9.17) is 16.2 Å². The molecule has 180 valence electrons. The van der Waals surface area contributed by atoms with Gasteiger partial charge in [-0.1, -0.05) is 24.3 Å². The van der Waals surface area contributed by atoms with Crippen molar-refractivity contribution in [3.8, 4) is 11.1 Å². The molecule has 1 aliphatic rings. The molecule has 0 saturated carbocycles. The molecule has 4 amide bonds. The zero-order valence-electron chi connectivity index (χ0n) is 18.5. The minimum absolute atomic E-state index is 0.183. The Balaban J connectivity index is 1.66. The van der Waals surface area contributed by atoms with Gasteiger partial charge in [0, 0.05) is 19.0 Å². The Morgan fingerprint density at radius 3 is 2.47 bits per heavy atom. The van der Waals surface area contributed by atoms with Crippen LogP contribution in [0.4, 0.5) is 14.9 Å². The molecule has 10 nitrogen and oxygen atoms in total. The second kappa shape index (κ2) is 10.8. The van der Waals surface area contributed by atoms with Crippen LogP contribution in [0.5, 0.6) is 0 Å². The molecule has 1 saturated heterocycles. The largest absolute Gasteiger partial charge is 0.442 e. The number of primary amides is 2. The number of nitrogens with zero attached hydrogens (tertiary/aromatic N) is 1. The summed E-state index contributed by atoms with van der Waals surface area (Å²) >= 11 is 0. The number of nitrogens with two attached hydrogens (primary N) is 2. The van der Waals surface area contributed by atoms with Crippen LogP contribution in [0.15, 0.2) is 42.5 Å². The first kappa shape index (κ1) is 24.6. The first-order valence-electron chi connectivity index (χ1n) is 10.6. The summed E-state index contributed by atoms with van der Waals surface area (Å²) in [7, 11) is 0. The monoisotopic (exact) mass is 471 g/mol. The molecule has 34 heavy (non-hydrogen) atoms. The first-order valence-corrected chi connectivity index (χ1v) is 10.6. The number of ether oxygens (including phenoxy) is 1. The average molecular weight is 471 g/mol. The van der Waals surface area contributed by atoms with E-state index >= 15 is 0 Å². The van der Waals surface area contributed by atoms with Crippen LogP contribution in [-0.2, 0) is 25.7 Å². The van der Waals surface area contributed by atoms with Crippen LogP contribution >= 0.6 is 0 Å². The summed E-state index contributed by atoms with van der Waals surface area (Å²) in [4.78, 5) is 47.0. The highest BCUT2D eigenvalue weighted by atomic mass is 19.1. The second-order valence-electron chi connectivity index (χ2n) is 7.92. The Kier molecular flexibility index (Phi) is 7.79. The molecule has 2 atom stereocenters. The van der Waals surface area contributed by atoms with Crippen molar-refractivity contribution in [2.24, 2.45) is 11.5 Å². The van der Waals surface area contributed by atoms with Gasteiger partial charge in [-0.05, 0) is 29.3 Å². The quantitative estimate of drug-likeness (QED) is 0.401. The van der Waals surface area contributed by atoms with E-state index in [0.717, 1.165) is 5.56 Å². The molecule has 0 radical (unpaired) electrons. The number of nitrogens with one attached hydrogen (secondary N) is 2. The van der Waals surface area contributed by atoms with Gasteiger partial charge in [0.15, 0.2) is 0 Å². The third kappa shape index (κ3) is 6.29. The maximum Gasteiger partial charge on any atom is 0.414 e. The van der Waals surface area contributed by atoms with Crippen LogP contribution in [0.1, 0.15) is 18.9 Å². The number of cyclic esters (lactones) is 1. The Morgan fingerprint density at radius 2 is 1.88 bits per heavy atom. The highest BCUT2D eigenvalue weighted by Gasteiger charge is 2.32. The predicted octanol–water partition coefficient (Wildman–Crippen LogP) is 0.773. The number of hydrogen-bond acceptors (Lipinski definition) is 6. The topological polar surface area (TPSA) is 157 Å². The van der Waals surface area contributed by atoms with Gasteiger partial charge < -0.3 is 26.8 Å². The number of benzene rings is 2. The van der Waals surface area contributed by atoms with Gasteiger partial charge in [0.1, 0.15) is 11.9 Å². The van der Waals surface area contributed by atoms with Crippen molar-refractivity contribution in [3.63, 3.8) is 0 Å². The predicted molar refractivity (Wildman–Crippen MR) is 122 cm³/mol. The average Bonchev–Trinajstić information content (AvgIpc) is 3.15. The second-order valence-corrected chi connectivity index (χ2v) is 7.92. The van der Waals surface area contributed by atoms with E-state index in [2.05, 4.69) is 10.6 Å². The number of hydrogen-bond donors (Lipinski definition) is 4. The molecule has 0 bridgehead atoms. The van der Waals surface area contributed by atoms with E-state index in [1.807, 2.05) is 0 Å². The third-order valence-electron chi connectivity index (χ3n) is 5.28. The zero-order valence-corrected chi connectivity index (χ0v) is 18.5. The van der Waals surface area contributed by atoms with Crippen molar-refractivity contribution >= 4 is 29.5 Å². The summed E-state index contributed by atoms with van der Waals surface area (Å²) in [5, 5.41) is 5.47. The van der Waals surface area contributed by atoms with Gasteiger partial charge in [-0.2, -0.15) is 0 Å². The first-order chi connectivity index (χ1) is 16.1. The summed E-state index contributed by atoms with van der Waals surface area (Å²) in [5.74, 6) is -2.07. The smallest absolute Gasteiger partial charge is 0.414 e. The normalized spacial score (nSPS) is 16.1. The SMILES string of the molecule is CC(=O)NC[C@H]1CN(c2ccc(-c3ccc(CN[C@H](CC(N)=O)C(N)=O)cc3)c(F)c2)C(=O)O1. The fourth-order valence-corrected chi connectivity index (χ4v) is 3.52. The molecule has 0 aromatic heterocycles. The van der Waals surface area contributed by atoms with Crippen LogP contribution in [0.25, 0.3) is 11.1 Å². The van der Waals surface area contributed by atoms with Crippen LogP contribution in [0.3, 0.4) is 0 Å². The van der Waals surface area contributed by atoms with Crippen molar-refractivity contribution in [1.29, 1.82) is 0 Å². The molecule has 2 aromatic rings.